The summed E-state index contributed by atoms with van der Waals surface area (Å²) in [6, 6.07) is 6.70. The van der Waals surface area contributed by atoms with Crippen LogP contribution in [0.4, 0.5) is 0 Å². The first-order valence-electron chi connectivity index (χ1n) is 33.8. The van der Waals surface area contributed by atoms with E-state index in [0.29, 0.717) is 84.9 Å². The van der Waals surface area contributed by atoms with Gasteiger partial charge in [0, 0.05) is 23.3 Å². The van der Waals surface area contributed by atoms with Crippen molar-refractivity contribution in [3.63, 3.8) is 0 Å². The molecule has 26 N–H and O–H groups in total. The number of carbonyl (C=O) groups excluding carboxylic acids is 9. The first-order chi connectivity index (χ1) is 57.4. The van der Waals surface area contributed by atoms with Crippen LogP contribution in [0.3, 0.4) is 0 Å². The number of cyclic esters (lactones) is 1. The third-order valence-electron chi connectivity index (χ3n) is 18.1. The molecule has 10 unspecified atom stereocenters. The zero-order chi connectivity index (χ0) is 89.1. The van der Waals surface area contributed by atoms with E-state index in [4.69, 9.17) is 56.8 Å². The molecule has 0 spiro atoms. The van der Waals surface area contributed by atoms with E-state index in [1.165, 1.54) is 0 Å². The van der Waals surface area contributed by atoms with Crippen molar-refractivity contribution in [3.8, 4) is 166 Å². The van der Waals surface area contributed by atoms with Gasteiger partial charge in [0.25, 0.3) is 0 Å². The van der Waals surface area contributed by atoms with Crippen molar-refractivity contribution in [1.82, 2.24) is 0 Å². The van der Waals surface area contributed by atoms with Gasteiger partial charge in [0.15, 0.2) is 175 Å². The SMILES string of the molecule is O=C(OCC1OC(O)C(OC(=O)c2cc(O)c(O)c(O)c2)C(OC(=O)c2cc(O)c(O)c(O)c2)C1OC(=O)c1cc(O)cc(O)c1Oc1cc2c(c(O)c1O)-c1c(cc(O)c(O)c1O)C(=O)OC1C(COC2=O)OC(OC(=O)c2cc(O)c(O)c(O)c2)C(OC(=O)c2cc(O)c(O)c(O)c2)C1OC(=O)c1cc(O)c(O)c(O)c1)c1cc(O)c(O)c(O)c1. The van der Waals surface area contributed by atoms with Gasteiger partial charge in [-0.05, 0) is 84.9 Å². The predicted octanol–water partition coefficient (Wildman–Crippen LogP) is 3.07. The number of ether oxygens (including phenoxy) is 12. The number of phenols is 25. The number of esters is 9. The second-order valence-corrected chi connectivity index (χ2v) is 26.1. The van der Waals surface area contributed by atoms with Gasteiger partial charge in [0.2, 0.25) is 23.9 Å². The average Bonchev–Trinajstić information content (AvgIpc) is 1.25. The number of benzene rings is 9. The second kappa shape index (κ2) is 32.5. The molecule has 0 aromatic heterocycles. The van der Waals surface area contributed by atoms with Crippen molar-refractivity contribution < 1.29 is 233 Å². The Balaban J connectivity index is 0.974. The van der Waals surface area contributed by atoms with Gasteiger partial charge in [0.1, 0.15) is 36.7 Å². The minimum atomic E-state index is -2.82. The molecule has 12 rings (SSSR count). The van der Waals surface area contributed by atoms with Crippen molar-refractivity contribution >= 4 is 53.7 Å². The molecule has 3 heterocycles. The maximum Gasteiger partial charge on any atom is 0.342 e. The van der Waals surface area contributed by atoms with E-state index in [-0.39, 0.29) is 12.1 Å². The molecule has 2 saturated heterocycles. The molecule has 47 heteroatoms. The van der Waals surface area contributed by atoms with Crippen molar-refractivity contribution in [2.24, 2.45) is 0 Å². The molecule has 3 aliphatic rings. The van der Waals surface area contributed by atoms with E-state index in [0.717, 1.165) is 0 Å². The van der Waals surface area contributed by atoms with Gasteiger partial charge in [0.05, 0.1) is 44.5 Å². The standard InChI is InChI=1S/C75H56O47/c76-25-13-28(73(109)117-59-44(17-111-65(101)19-1-29(77)48(91)30(78)2-19)114-74(110)63(120-68(104)22-7-35(83)51(94)36(84)8-22)61(59)118-66(102)20-3-31(79)49(92)32(80)4-20)58(42(90)14-25)113-43-16-27-47(57(100)55(43)98)46-26(15-41(89)54(97)56(46)99)72(108)116-60-45(18-112-71(27)107)115-75(122-70(106)24-11-39(87)53(96)40(88)12-24)64(121-69(105)23-9-37(85)52(95)38(86)10-23)62(60)119-67(103)21-5-33(81)50(93)34(82)6-21/h1-16,44-45,59-64,74-100,110H,17-18H2. The number of aromatic hydroxyl groups is 25. The van der Waals surface area contributed by atoms with Crippen LogP contribution in [0.2, 0.25) is 0 Å². The first-order valence-corrected chi connectivity index (χ1v) is 33.8. The number of aliphatic hydroxyl groups is 1. The van der Waals surface area contributed by atoms with E-state index in [1.807, 2.05) is 0 Å². The Morgan fingerprint density at radius 1 is 0.328 bits per heavy atom. The summed E-state index contributed by atoms with van der Waals surface area (Å²) >= 11 is 0. The summed E-state index contributed by atoms with van der Waals surface area (Å²) in [7, 11) is 0. The summed E-state index contributed by atoms with van der Waals surface area (Å²) in [5.41, 5.74) is -12.5. The Morgan fingerprint density at radius 2 is 0.680 bits per heavy atom. The van der Waals surface area contributed by atoms with Gasteiger partial charge in [-0.25, -0.2) is 43.2 Å². The van der Waals surface area contributed by atoms with Crippen LogP contribution in [0.5, 0.6) is 155 Å². The van der Waals surface area contributed by atoms with E-state index < -0.39 is 345 Å². The summed E-state index contributed by atoms with van der Waals surface area (Å²) in [6.45, 7) is -3.03. The van der Waals surface area contributed by atoms with E-state index >= 15 is 14.4 Å². The fraction of sp³-hybridized carbons (Fsp3) is 0.160. The molecular weight excluding hydrogens is 1650 g/mol. The Kier molecular flexibility index (Phi) is 22.5. The normalized spacial score (nSPS) is 19.2. The number of phenolic OH excluding ortho intramolecular Hbond substituents is 25. The molecular formula is C75H56O47. The third-order valence-corrected chi connectivity index (χ3v) is 18.1. The summed E-state index contributed by atoms with van der Waals surface area (Å²) in [4.78, 5) is 131. The van der Waals surface area contributed by atoms with Crippen molar-refractivity contribution in [1.29, 1.82) is 0 Å². The van der Waals surface area contributed by atoms with E-state index in [9.17, 15) is 162 Å². The molecule has 47 nitrogen and oxygen atoms in total. The molecule has 3 aliphatic heterocycles. The van der Waals surface area contributed by atoms with Crippen molar-refractivity contribution in [2.45, 2.75) is 61.4 Å². The fourth-order valence-electron chi connectivity index (χ4n) is 12.2. The highest BCUT2D eigenvalue weighted by Gasteiger charge is 2.57. The van der Waals surface area contributed by atoms with Crippen molar-refractivity contribution in [2.75, 3.05) is 13.2 Å². The molecule has 122 heavy (non-hydrogen) atoms. The Hall–Kier alpha value is -17.1. The van der Waals surface area contributed by atoms with Crippen LogP contribution >= 0.6 is 0 Å². The van der Waals surface area contributed by atoms with Gasteiger partial charge in [-0.15, -0.1) is 0 Å². The Morgan fingerprint density at radius 3 is 1.11 bits per heavy atom. The lowest BCUT2D eigenvalue weighted by Gasteiger charge is -2.43. The molecule has 2 fully saturated rings. The molecule has 0 bridgehead atoms. The van der Waals surface area contributed by atoms with Crippen LogP contribution in [0.1, 0.15) is 93.2 Å². The van der Waals surface area contributed by atoms with Gasteiger partial charge >= 0.3 is 53.7 Å². The van der Waals surface area contributed by atoms with Gasteiger partial charge < -0.3 is 190 Å². The summed E-state index contributed by atoms with van der Waals surface area (Å²) in [5, 5.41) is 278. The summed E-state index contributed by atoms with van der Waals surface area (Å²) < 4.78 is 67.7. The number of aliphatic hydroxyl groups excluding tert-OH is 1. The molecule has 0 radical (unpaired) electrons. The smallest absolute Gasteiger partial charge is 0.342 e. The fourth-order valence-corrected chi connectivity index (χ4v) is 12.2. The average molecular weight is 1710 g/mol. The number of fused-ring (bicyclic) bond motifs is 4. The van der Waals surface area contributed by atoms with Crippen molar-refractivity contribution in [3.05, 3.63) is 147 Å². The minimum absolute atomic E-state index is 0.219. The number of hydrogen-bond acceptors (Lipinski definition) is 47. The Labute approximate surface area is 672 Å². The monoisotopic (exact) mass is 1710 g/mol. The minimum Gasteiger partial charge on any atom is -0.508 e. The summed E-state index contributed by atoms with van der Waals surface area (Å²) in [5.74, 6) is -52.7. The predicted molar refractivity (Wildman–Crippen MR) is 379 cm³/mol. The van der Waals surface area contributed by atoms with Gasteiger partial charge in [-0.3, -0.25) is 0 Å². The van der Waals surface area contributed by atoms with E-state index in [2.05, 4.69) is 0 Å². The van der Waals surface area contributed by atoms with Crippen LogP contribution in [0.25, 0.3) is 11.1 Å². The quantitative estimate of drug-likeness (QED) is 0.0354. The Bertz CT molecular complexity index is 5750. The van der Waals surface area contributed by atoms with Crippen LogP contribution in [-0.2, 0) is 52.1 Å². The van der Waals surface area contributed by atoms with Gasteiger partial charge in [-0.1, -0.05) is 0 Å². The summed E-state index contributed by atoms with van der Waals surface area (Å²) in [6.07, 6.45) is -27.0. The van der Waals surface area contributed by atoms with Crippen LogP contribution < -0.4 is 4.74 Å². The van der Waals surface area contributed by atoms with Gasteiger partial charge in [-0.2, -0.15) is 0 Å². The zero-order valence-corrected chi connectivity index (χ0v) is 60.1. The zero-order valence-electron chi connectivity index (χ0n) is 60.1. The highest BCUT2D eigenvalue weighted by molar-refractivity contribution is 6.09. The molecule has 0 saturated carbocycles. The number of rotatable bonds is 17. The number of hydrogen-bond donors (Lipinski definition) is 26. The maximum atomic E-state index is 15.2. The largest absolute Gasteiger partial charge is 0.508 e. The van der Waals surface area contributed by atoms with Crippen LogP contribution in [0.15, 0.2) is 97.1 Å². The molecule has 0 amide bonds. The van der Waals surface area contributed by atoms with E-state index in [1.54, 1.807) is 0 Å². The molecule has 10 atom stereocenters. The molecule has 9 aromatic rings. The molecule has 638 valence electrons. The first kappa shape index (κ1) is 84.3. The highest BCUT2D eigenvalue weighted by atomic mass is 16.8. The molecule has 9 aromatic carbocycles. The van der Waals surface area contributed by atoms with Crippen LogP contribution in [-0.4, -0.2) is 261 Å². The lowest BCUT2D eigenvalue weighted by Crippen LogP contribution is -2.63. The highest BCUT2D eigenvalue weighted by Crippen LogP contribution is 2.56. The lowest BCUT2D eigenvalue weighted by molar-refractivity contribution is -0.284. The number of carbonyl (C=O) groups is 9. The topological polar surface area (TPSA) is 790 Å². The molecule has 0 aliphatic carbocycles. The lowest BCUT2D eigenvalue weighted by atomic mass is 9.91. The third kappa shape index (κ3) is 16.2. The second-order valence-electron chi connectivity index (χ2n) is 26.1. The maximum absolute atomic E-state index is 15.2. The van der Waals surface area contributed by atoms with Crippen LogP contribution in [0, 0.1) is 0 Å².